The van der Waals surface area contributed by atoms with Gasteiger partial charge >= 0.3 is 6.18 Å². The number of nitrogens with zero attached hydrogens (tertiary/aromatic N) is 3. The smallest absolute Gasteiger partial charge is 0.381 e. The van der Waals surface area contributed by atoms with E-state index >= 15 is 0 Å². The fourth-order valence-electron chi connectivity index (χ4n) is 5.04. The number of rotatable bonds is 5. The van der Waals surface area contributed by atoms with Crippen molar-refractivity contribution in [1.82, 2.24) is 4.90 Å². The number of alkyl halides is 3. The summed E-state index contributed by atoms with van der Waals surface area (Å²) in [7, 11) is 0. The molecule has 9 heteroatoms. The molecular weight excluding hydrogens is 450 g/mol. The first-order chi connectivity index (χ1) is 16.2. The van der Waals surface area contributed by atoms with Crippen LogP contribution in [0.2, 0.25) is 0 Å². The van der Waals surface area contributed by atoms with E-state index in [4.69, 9.17) is 10.00 Å². The van der Waals surface area contributed by atoms with Crippen LogP contribution in [0.3, 0.4) is 0 Å². The van der Waals surface area contributed by atoms with Gasteiger partial charge in [0, 0.05) is 55.4 Å². The number of fused-ring (bicyclic) bond motifs is 1. The van der Waals surface area contributed by atoms with E-state index in [1.165, 1.54) is 30.3 Å². The van der Waals surface area contributed by atoms with E-state index in [-0.39, 0.29) is 17.2 Å². The van der Waals surface area contributed by atoms with Crippen LogP contribution in [0.4, 0.5) is 23.2 Å². The number of ether oxygens (including phenoxy) is 1. The van der Waals surface area contributed by atoms with Crippen LogP contribution in [0.5, 0.6) is 0 Å². The molecule has 5 nitrogen and oxygen atoms in total. The molecule has 2 atom stereocenters. The van der Waals surface area contributed by atoms with E-state index < -0.39 is 23.1 Å². The lowest BCUT2D eigenvalue weighted by Crippen LogP contribution is -2.51. The molecule has 0 bridgehead atoms. The minimum atomic E-state index is -4.63. The average Bonchev–Trinajstić information content (AvgIpc) is 3.21. The van der Waals surface area contributed by atoms with Gasteiger partial charge in [-0.3, -0.25) is 4.79 Å². The van der Waals surface area contributed by atoms with Crippen LogP contribution in [0.15, 0.2) is 42.5 Å². The van der Waals surface area contributed by atoms with Crippen molar-refractivity contribution in [2.75, 3.05) is 44.3 Å². The Balaban J connectivity index is 1.59. The highest BCUT2D eigenvalue weighted by molar-refractivity contribution is 5.94. The van der Waals surface area contributed by atoms with Crippen molar-refractivity contribution >= 4 is 11.6 Å². The number of nitriles is 1. The van der Waals surface area contributed by atoms with Gasteiger partial charge in [0.25, 0.3) is 5.91 Å². The minimum absolute atomic E-state index is 0.0119. The summed E-state index contributed by atoms with van der Waals surface area (Å²) in [6.45, 7) is 4.73. The fraction of sp³-hybridized carbons (Fsp3) is 0.440. The summed E-state index contributed by atoms with van der Waals surface area (Å²) in [5.41, 5.74) is -0.868. The van der Waals surface area contributed by atoms with E-state index in [0.29, 0.717) is 57.1 Å². The summed E-state index contributed by atoms with van der Waals surface area (Å²) < 4.78 is 59.6. The lowest BCUT2D eigenvalue weighted by molar-refractivity contribution is -0.137. The molecule has 2 aliphatic rings. The number of carbonyl (C=O) groups excluding carboxylic acids is 1. The minimum Gasteiger partial charge on any atom is -0.381 e. The van der Waals surface area contributed by atoms with Gasteiger partial charge in [-0.1, -0.05) is 0 Å². The maximum Gasteiger partial charge on any atom is 0.417 e. The number of benzene rings is 2. The van der Waals surface area contributed by atoms with Gasteiger partial charge in [-0.05, 0) is 55.8 Å². The Morgan fingerprint density at radius 1 is 1.21 bits per heavy atom. The molecule has 180 valence electrons. The Morgan fingerprint density at radius 3 is 2.59 bits per heavy atom. The molecule has 0 unspecified atom stereocenters. The van der Waals surface area contributed by atoms with E-state index in [1.807, 2.05) is 11.8 Å². The van der Waals surface area contributed by atoms with Crippen LogP contribution in [-0.2, 0) is 10.9 Å². The number of amides is 1. The van der Waals surface area contributed by atoms with Crippen LogP contribution in [0, 0.1) is 28.5 Å². The van der Waals surface area contributed by atoms with Gasteiger partial charge < -0.3 is 14.5 Å². The Bertz CT molecular complexity index is 1100. The predicted octanol–water partition coefficient (Wildman–Crippen LogP) is 4.72. The summed E-state index contributed by atoms with van der Waals surface area (Å²) in [4.78, 5) is 16.6. The standard InChI is InChI=1S/C25H25F4N3O2/c1-2-34-16-24-9-10-31(23(33)17-3-6-20(26)7-4-17)13-19(24)14-32(15-24)21-8-5-18(12-30)22(11-21)25(27,28)29/h3-8,11,19H,2,9-10,13-16H2,1H3/t19-,24+/m1/s1. The maximum atomic E-state index is 13.5. The van der Waals surface area contributed by atoms with Crippen LogP contribution < -0.4 is 4.90 Å². The van der Waals surface area contributed by atoms with Crippen molar-refractivity contribution in [2.24, 2.45) is 11.3 Å². The predicted molar refractivity (Wildman–Crippen MR) is 118 cm³/mol. The van der Waals surface area contributed by atoms with Gasteiger partial charge in [-0.2, -0.15) is 18.4 Å². The van der Waals surface area contributed by atoms with Crippen LogP contribution in [-0.4, -0.2) is 50.2 Å². The number of halogens is 4. The average molecular weight is 475 g/mol. The first-order valence-electron chi connectivity index (χ1n) is 11.2. The summed E-state index contributed by atoms with van der Waals surface area (Å²) in [5.74, 6) is -0.624. The van der Waals surface area contributed by atoms with Gasteiger partial charge in [0.1, 0.15) is 5.82 Å². The fourth-order valence-corrected chi connectivity index (χ4v) is 5.04. The zero-order valence-corrected chi connectivity index (χ0v) is 18.7. The van der Waals surface area contributed by atoms with Gasteiger partial charge in [-0.15, -0.1) is 0 Å². The second-order valence-corrected chi connectivity index (χ2v) is 8.92. The van der Waals surface area contributed by atoms with Crippen molar-refractivity contribution in [3.63, 3.8) is 0 Å². The molecule has 2 fully saturated rings. The van der Waals surface area contributed by atoms with Crippen molar-refractivity contribution in [2.45, 2.75) is 19.5 Å². The second-order valence-electron chi connectivity index (χ2n) is 8.92. The molecule has 34 heavy (non-hydrogen) atoms. The first kappa shape index (κ1) is 24.0. The molecule has 2 heterocycles. The van der Waals surface area contributed by atoms with Crippen molar-refractivity contribution in [3.05, 3.63) is 65.0 Å². The molecule has 0 aliphatic carbocycles. The number of piperidine rings is 1. The van der Waals surface area contributed by atoms with Crippen LogP contribution in [0.25, 0.3) is 0 Å². The van der Waals surface area contributed by atoms with Crippen LogP contribution in [0.1, 0.15) is 34.8 Å². The highest BCUT2D eigenvalue weighted by Crippen LogP contribution is 2.45. The largest absolute Gasteiger partial charge is 0.417 e. The molecule has 2 aromatic carbocycles. The summed E-state index contributed by atoms with van der Waals surface area (Å²) in [6, 6.07) is 10.8. The molecule has 4 rings (SSSR count). The topological polar surface area (TPSA) is 56.6 Å². The zero-order chi connectivity index (χ0) is 24.5. The first-order valence-corrected chi connectivity index (χ1v) is 11.2. The molecular formula is C25H25F4N3O2. The molecule has 2 aromatic rings. The molecule has 0 N–H and O–H groups in total. The van der Waals surface area contributed by atoms with Crippen molar-refractivity contribution < 1.29 is 27.1 Å². The number of carbonyl (C=O) groups is 1. The normalized spacial score (nSPS) is 22.4. The SMILES string of the molecule is CCOC[C@@]12CCN(C(=O)c3ccc(F)cc3)C[C@@H]1CN(c1ccc(C#N)c(C(F)(F)F)c1)C2. The third-order valence-corrected chi connectivity index (χ3v) is 6.90. The highest BCUT2D eigenvalue weighted by atomic mass is 19.4. The molecule has 0 radical (unpaired) electrons. The third kappa shape index (κ3) is 4.60. The molecule has 0 aromatic heterocycles. The maximum absolute atomic E-state index is 13.5. The molecule has 0 spiro atoms. The Hall–Kier alpha value is -3.12. The van der Waals surface area contributed by atoms with Crippen LogP contribution >= 0.6 is 0 Å². The van der Waals surface area contributed by atoms with E-state index in [9.17, 15) is 22.4 Å². The molecule has 2 aliphatic heterocycles. The Kier molecular flexibility index (Phi) is 6.54. The lowest BCUT2D eigenvalue weighted by atomic mass is 9.73. The van der Waals surface area contributed by atoms with E-state index in [2.05, 4.69) is 0 Å². The van der Waals surface area contributed by atoms with Crippen molar-refractivity contribution in [1.29, 1.82) is 5.26 Å². The van der Waals surface area contributed by atoms with E-state index in [1.54, 1.807) is 17.0 Å². The van der Waals surface area contributed by atoms with Gasteiger partial charge in [0.05, 0.1) is 23.8 Å². The van der Waals surface area contributed by atoms with E-state index in [0.717, 1.165) is 6.07 Å². The highest BCUT2D eigenvalue weighted by Gasteiger charge is 2.50. The van der Waals surface area contributed by atoms with Gasteiger partial charge in [0.15, 0.2) is 0 Å². The number of anilines is 1. The zero-order valence-electron chi connectivity index (χ0n) is 18.7. The number of likely N-dealkylation sites (tertiary alicyclic amines) is 1. The molecule has 1 amide bonds. The third-order valence-electron chi connectivity index (χ3n) is 6.90. The lowest BCUT2D eigenvalue weighted by Gasteiger charge is -2.43. The summed E-state index contributed by atoms with van der Waals surface area (Å²) in [6.07, 6.45) is -3.99. The van der Waals surface area contributed by atoms with Gasteiger partial charge in [0.2, 0.25) is 0 Å². The number of hydrogen-bond donors (Lipinski definition) is 0. The Morgan fingerprint density at radius 2 is 1.94 bits per heavy atom. The summed E-state index contributed by atoms with van der Waals surface area (Å²) >= 11 is 0. The molecule has 2 saturated heterocycles. The summed E-state index contributed by atoms with van der Waals surface area (Å²) in [5, 5.41) is 9.10. The monoisotopic (exact) mass is 475 g/mol. The quantitative estimate of drug-likeness (QED) is 0.588. The molecule has 0 saturated carbocycles. The van der Waals surface area contributed by atoms with Crippen molar-refractivity contribution in [3.8, 4) is 6.07 Å². The van der Waals surface area contributed by atoms with Gasteiger partial charge in [-0.25, -0.2) is 4.39 Å². The second kappa shape index (κ2) is 9.26. The Labute approximate surface area is 195 Å². The number of hydrogen-bond acceptors (Lipinski definition) is 4.